The summed E-state index contributed by atoms with van der Waals surface area (Å²) in [6.07, 6.45) is -3.03. The molecule has 1 aliphatic rings. The van der Waals surface area contributed by atoms with Gasteiger partial charge in [-0.2, -0.15) is 0 Å². The smallest absolute Gasteiger partial charge is 0.486 e. The fraction of sp³-hybridized carbons (Fsp3) is 0.462. The summed E-state index contributed by atoms with van der Waals surface area (Å²) in [5.41, 5.74) is 0. The first-order valence-electron chi connectivity index (χ1n) is 5.97. The number of ketones is 1. The topological polar surface area (TPSA) is 35.5 Å². The molecule has 1 saturated carbocycles. The van der Waals surface area contributed by atoms with Crippen molar-refractivity contribution >= 4 is 5.78 Å². The molecule has 1 aromatic carbocycles. The van der Waals surface area contributed by atoms with E-state index < -0.39 is 6.36 Å². The first-order chi connectivity index (χ1) is 8.94. The fourth-order valence-corrected chi connectivity index (χ4v) is 2.02. The Morgan fingerprint density at radius 1 is 1.16 bits per heavy atom. The molecular weight excluding hydrogens is 261 g/mol. The van der Waals surface area contributed by atoms with Crippen LogP contribution in [-0.4, -0.2) is 18.2 Å². The maximum Gasteiger partial charge on any atom is 0.573 e. The second kappa shape index (κ2) is 5.50. The lowest BCUT2D eigenvalue weighted by molar-refractivity contribution is -0.275. The molecule has 1 aromatic rings. The summed E-state index contributed by atoms with van der Waals surface area (Å²) in [6, 6.07) is 5.58. The number of rotatable bonds is 3. The molecule has 2 rings (SSSR count). The lowest BCUT2D eigenvalue weighted by Gasteiger charge is -2.23. The Balaban J connectivity index is 2.09. The van der Waals surface area contributed by atoms with Crippen LogP contribution in [0.25, 0.3) is 0 Å². The summed E-state index contributed by atoms with van der Waals surface area (Å²) < 4.78 is 46.0. The van der Waals surface area contributed by atoms with Crippen LogP contribution < -0.4 is 9.47 Å². The van der Waals surface area contributed by atoms with E-state index >= 15 is 0 Å². The molecule has 0 spiro atoms. The molecule has 0 amide bonds. The molecule has 0 aliphatic heterocycles. The van der Waals surface area contributed by atoms with E-state index in [1.165, 1.54) is 18.2 Å². The zero-order valence-corrected chi connectivity index (χ0v) is 10.1. The lowest BCUT2D eigenvalue weighted by atomic mass is 9.96. The normalized spacial score (nSPS) is 20.2. The molecule has 1 aliphatic carbocycles. The second-order valence-corrected chi connectivity index (χ2v) is 4.37. The number of alkyl halides is 3. The number of ether oxygens (including phenoxy) is 2. The summed E-state index contributed by atoms with van der Waals surface area (Å²) in [4.78, 5) is 11.3. The minimum atomic E-state index is -4.76. The Labute approximate surface area is 108 Å². The van der Waals surface area contributed by atoms with Crippen LogP contribution in [0, 0.1) is 0 Å². The molecule has 104 valence electrons. The molecule has 19 heavy (non-hydrogen) atoms. The lowest BCUT2D eigenvalue weighted by Crippen LogP contribution is -2.26. The van der Waals surface area contributed by atoms with Crippen molar-refractivity contribution in [2.75, 3.05) is 0 Å². The van der Waals surface area contributed by atoms with E-state index in [-0.39, 0.29) is 29.8 Å². The van der Waals surface area contributed by atoms with Gasteiger partial charge in [-0.05, 0) is 25.0 Å². The molecule has 1 atom stereocenters. The second-order valence-electron chi connectivity index (χ2n) is 4.37. The van der Waals surface area contributed by atoms with Gasteiger partial charge >= 0.3 is 6.36 Å². The summed E-state index contributed by atoms with van der Waals surface area (Å²) in [7, 11) is 0. The fourth-order valence-electron chi connectivity index (χ4n) is 2.02. The number of para-hydroxylation sites is 2. The van der Waals surface area contributed by atoms with Gasteiger partial charge in [-0.1, -0.05) is 12.1 Å². The van der Waals surface area contributed by atoms with Gasteiger partial charge in [-0.15, -0.1) is 13.2 Å². The number of hydrogen-bond donors (Lipinski definition) is 0. The van der Waals surface area contributed by atoms with Gasteiger partial charge in [-0.25, -0.2) is 0 Å². The average molecular weight is 274 g/mol. The molecule has 3 nitrogen and oxygen atoms in total. The van der Waals surface area contributed by atoms with Crippen LogP contribution >= 0.6 is 0 Å². The molecule has 6 heteroatoms. The van der Waals surface area contributed by atoms with Crippen molar-refractivity contribution in [2.45, 2.75) is 38.1 Å². The van der Waals surface area contributed by atoms with Crippen molar-refractivity contribution in [3.05, 3.63) is 24.3 Å². The van der Waals surface area contributed by atoms with Crippen LogP contribution in [0.3, 0.4) is 0 Å². The number of carbonyl (C=O) groups is 1. The third-order valence-corrected chi connectivity index (χ3v) is 2.81. The van der Waals surface area contributed by atoms with E-state index in [1.807, 2.05) is 0 Å². The van der Waals surface area contributed by atoms with Crippen LogP contribution in [-0.2, 0) is 4.79 Å². The summed E-state index contributed by atoms with van der Waals surface area (Å²) in [6.45, 7) is 0. The summed E-state index contributed by atoms with van der Waals surface area (Å²) in [5, 5.41) is 0. The Morgan fingerprint density at radius 3 is 2.47 bits per heavy atom. The SMILES string of the molecule is O=C1CCCC(Oc2ccccc2OC(F)(F)F)C1. The van der Waals surface area contributed by atoms with E-state index in [0.717, 1.165) is 0 Å². The maximum absolute atomic E-state index is 12.2. The minimum Gasteiger partial charge on any atom is -0.486 e. The van der Waals surface area contributed by atoms with Gasteiger partial charge < -0.3 is 9.47 Å². The van der Waals surface area contributed by atoms with Crippen LogP contribution in [0.5, 0.6) is 11.5 Å². The molecule has 1 unspecified atom stereocenters. The number of hydrogen-bond acceptors (Lipinski definition) is 3. The average Bonchev–Trinajstić information content (AvgIpc) is 2.30. The van der Waals surface area contributed by atoms with E-state index in [2.05, 4.69) is 4.74 Å². The van der Waals surface area contributed by atoms with Crippen molar-refractivity contribution in [2.24, 2.45) is 0 Å². The molecule has 0 radical (unpaired) electrons. The van der Waals surface area contributed by atoms with Crippen LogP contribution in [0.2, 0.25) is 0 Å². The number of benzene rings is 1. The zero-order valence-electron chi connectivity index (χ0n) is 10.1. The predicted molar refractivity (Wildman–Crippen MR) is 61.0 cm³/mol. The molecule has 0 heterocycles. The monoisotopic (exact) mass is 274 g/mol. The van der Waals surface area contributed by atoms with Gasteiger partial charge in [0.25, 0.3) is 0 Å². The van der Waals surface area contributed by atoms with Crippen LogP contribution in [0.1, 0.15) is 25.7 Å². The van der Waals surface area contributed by atoms with Crippen molar-refractivity contribution in [1.82, 2.24) is 0 Å². The van der Waals surface area contributed by atoms with Crippen molar-refractivity contribution in [3.8, 4) is 11.5 Å². The van der Waals surface area contributed by atoms with Crippen LogP contribution in [0.4, 0.5) is 13.2 Å². The van der Waals surface area contributed by atoms with Gasteiger partial charge in [0.2, 0.25) is 0 Å². The van der Waals surface area contributed by atoms with E-state index in [9.17, 15) is 18.0 Å². The van der Waals surface area contributed by atoms with Gasteiger partial charge in [0.15, 0.2) is 11.5 Å². The third-order valence-electron chi connectivity index (χ3n) is 2.81. The molecule has 0 N–H and O–H groups in total. The maximum atomic E-state index is 12.2. The Kier molecular flexibility index (Phi) is 3.97. The predicted octanol–water partition coefficient (Wildman–Crippen LogP) is 3.48. The quantitative estimate of drug-likeness (QED) is 0.846. The molecule has 0 saturated heterocycles. The van der Waals surface area contributed by atoms with Gasteiger partial charge in [0, 0.05) is 12.8 Å². The largest absolute Gasteiger partial charge is 0.573 e. The minimum absolute atomic E-state index is 0.0134. The van der Waals surface area contributed by atoms with Crippen molar-refractivity contribution in [3.63, 3.8) is 0 Å². The highest BCUT2D eigenvalue weighted by Gasteiger charge is 2.33. The molecule has 1 fully saturated rings. The Bertz CT molecular complexity index is 457. The molecule has 0 aromatic heterocycles. The van der Waals surface area contributed by atoms with E-state index in [4.69, 9.17) is 4.74 Å². The number of carbonyl (C=O) groups excluding carboxylic acids is 1. The van der Waals surface area contributed by atoms with Crippen LogP contribution in [0.15, 0.2) is 24.3 Å². The van der Waals surface area contributed by atoms with Crippen molar-refractivity contribution < 1.29 is 27.4 Å². The summed E-state index contributed by atoms with van der Waals surface area (Å²) >= 11 is 0. The highest BCUT2D eigenvalue weighted by atomic mass is 19.4. The molecular formula is C13H13F3O3. The first kappa shape index (κ1) is 13.7. The summed E-state index contributed by atoms with van der Waals surface area (Å²) in [5.74, 6) is -0.294. The zero-order chi connectivity index (χ0) is 13.9. The van der Waals surface area contributed by atoms with Crippen molar-refractivity contribution in [1.29, 1.82) is 0 Å². The van der Waals surface area contributed by atoms with E-state index in [1.54, 1.807) is 6.07 Å². The molecule has 0 bridgehead atoms. The standard InChI is InChI=1S/C13H13F3O3/c14-13(15,16)19-12-7-2-1-6-11(12)18-10-5-3-4-9(17)8-10/h1-2,6-7,10H,3-5,8H2. The van der Waals surface area contributed by atoms with Gasteiger partial charge in [0.05, 0.1) is 0 Å². The number of Topliss-reactive ketones (excluding diaryl/α,β-unsaturated/α-hetero) is 1. The first-order valence-corrected chi connectivity index (χ1v) is 5.97. The Morgan fingerprint density at radius 2 is 1.84 bits per heavy atom. The van der Waals surface area contributed by atoms with Gasteiger partial charge in [0.1, 0.15) is 11.9 Å². The number of halogens is 3. The Hall–Kier alpha value is -1.72. The van der Waals surface area contributed by atoms with Gasteiger partial charge in [-0.3, -0.25) is 4.79 Å². The highest BCUT2D eigenvalue weighted by Crippen LogP contribution is 2.33. The van der Waals surface area contributed by atoms with E-state index in [0.29, 0.717) is 19.3 Å². The third kappa shape index (κ3) is 4.15. The highest BCUT2D eigenvalue weighted by molar-refractivity contribution is 5.79.